The predicted molar refractivity (Wildman–Crippen MR) is 136 cm³/mol. The van der Waals surface area contributed by atoms with Crippen LogP contribution < -0.4 is 14.2 Å². The first-order valence-corrected chi connectivity index (χ1v) is 11.8. The molecule has 7 heteroatoms. The van der Waals surface area contributed by atoms with Crippen LogP contribution in [0.15, 0.2) is 78.4 Å². The smallest absolute Gasteiger partial charge is 0.295 e. The number of carbonyl (C=O) groups excluding carboxylic acids is 2. The summed E-state index contributed by atoms with van der Waals surface area (Å²) in [5, 5.41) is 11.3. The number of hydrogen-bond donors (Lipinski definition) is 1. The summed E-state index contributed by atoms with van der Waals surface area (Å²) < 4.78 is 16.4. The highest BCUT2D eigenvalue weighted by molar-refractivity contribution is 6.46. The van der Waals surface area contributed by atoms with E-state index in [1.54, 1.807) is 42.5 Å². The first kappa shape index (κ1) is 24.9. The third-order valence-electron chi connectivity index (χ3n) is 6.06. The Labute approximate surface area is 210 Å². The summed E-state index contributed by atoms with van der Waals surface area (Å²) in [6, 6.07) is 20.6. The lowest BCUT2D eigenvalue weighted by atomic mass is 9.94. The van der Waals surface area contributed by atoms with E-state index in [-0.39, 0.29) is 17.9 Å². The van der Waals surface area contributed by atoms with Gasteiger partial charge in [0.1, 0.15) is 11.5 Å². The van der Waals surface area contributed by atoms with Crippen LogP contribution in [-0.4, -0.2) is 42.5 Å². The number of aliphatic hydroxyl groups is 1. The Kier molecular flexibility index (Phi) is 7.59. The minimum Gasteiger partial charge on any atom is -0.507 e. The average molecular weight is 488 g/mol. The zero-order chi connectivity index (χ0) is 25.7. The van der Waals surface area contributed by atoms with E-state index in [9.17, 15) is 14.7 Å². The highest BCUT2D eigenvalue weighted by atomic mass is 16.5. The number of Topliss-reactive ketones (excluding diaryl/α,β-unsaturated/α-hetero) is 1. The Bertz CT molecular complexity index is 1270. The maximum atomic E-state index is 13.3. The van der Waals surface area contributed by atoms with Gasteiger partial charge in [0.2, 0.25) is 0 Å². The van der Waals surface area contributed by atoms with Crippen molar-refractivity contribution in [1.29, 1.82) is 0 Å². The molecule has 1 atom stereocenters. The maximum Gasteiger partial charge on any atom is 0.295 e. The van der Waals surface area contributed by atoms with Crippen LogP contribution in [0.4, 0.5) is 0 Å². The fourth-order valence-electron chi connectivity index (χ4n) is 4.28. The van der Waals surface area contributed by atoms with Crippen molar-refractivity contribution >= 4 is 17.4 Å². The molecule has 0 saturated carbocycles. The minimum absolute atomic E-state index is 0.0189. The Morgan fingerprint density at radius 1 is 0.917 bits per heavy atom. The molecule has 0 spiro atoms. The summed E-state index contributed by atoms with van der Waals surface area (Å²) in [5.74, 6) is -0.0284. The van der Waals surface area contributed by atoms with Gasteiger partial charge in [0, 0.05) is 12.1 Å². The van der Waals surface area contributed by atoms with Crippen LogP contribution in [0.3, 0.4) is 0 Å². The largest absolute Gasteiger partial charge is 0.507 e. The standard InChI is InChI=1S/C29H29NO6/c1-4-16-36-22-13-10-20(11-14-22)27(31)25-26(21-12-15-23(34-2)24(17-21)35-3)30(29(33)28(25)32)18-19-8-6-5-7-9-19/h5-15,17,26,31H,4,16,18H2,1-3H3/b27-25+. The second kappa shape index (κ2) is 11.0. The van der Waals surface area contributed by atoms with Crippen molar-refractivity contribution in [3.05, 3.63) is 95.1 Å². The number of amides is 1. The zero-order valence-corrected chi connectivity index (χ0v) is 20.6. The number of rotatable bonds is 9. The lowest BCUT2D eigenvalue weighted by molar-refractivity contribution is -0.140. The van der Waals surface area contributed by atoms with E-state index >= 15 is 0 Å². The third-order valence-corrected chi connectivity index (χ3v) is 6.06. The molecule has 3 aromatic carbocycles. The molecular formula is C29H29NO6. The number of ether oxygens (including phenoxy) is 3. The van der Waals surface area contributed by atoms with Gasteiger partial charge >= 0.3 is 0 Å². The Morgan fingerprint density at radius 3 is 2.25 bits per heavy atom. The van der Waals surface area contributed by atoms with E-state index in [1.807, 2.05) is 37.3 Å². The molecule has 7 nitrogen and oxygen atoms in total. The topological polar surface area (TPSA) is 85.3 Å². The molecule has 0 bridgehead atoms. The van der Waals surface area contributed by atoms with Crippen molar-refractivity contribution < 1.29 is 28.9 Å². The van der Waals surface area contributed by atoms with Crippen molar-refractivity contribution in [2.45, 2.75) is 25.9 Å². The molecule has 1 unspecified atom stereocenters. The molecule has 0 radical (unpaired) electrons. The number of aliphatic hydroxyl groups excluding tert-OH is 1. The summed E-state index contributed by atoms with van der Waals surface area (Å²) >= 11 is 0. The molecule has 1 amide bonds. The van der Waals surface area contributed by atoms with E-state index in [0.717, 1.165) is 12.0 Å². The molecule has 1 saturated heterocycles. The van der Waals surface area contributed by atoms with Crippen molar-refractivity contribution in [2.75, 3.05) is 20.8 Å². The first-order valence-electron chi connectivity index (χ1n) is 11.8. The number of methoxy groups -OCH3 is 2. The molecule has 1 aliphatic rings. The van der Waals surface area contributed by atoms with Gasteiger partial charge in [-0.2, -0.15) is 0 Å². The van der Waals surface area contributed by atoms with Crippen LogP contribution in [0.2, 0.25) is 0 Å². The lowest BCUT2D eigenvalue weighted by Gasteiger charge is -2.26. The molecule has 186 valence electrons. The van der Waals surface area contributed by atoms with Crippen LogP contribution in [0.5, 0.6) is 17.2 Å². The molecule has 1 heterocycles. The highest BCUT2D eigenvalue weighted by Crippen LogP contribution is 2.42. The van der Waals surface area contributed by atoms with Gasteiger partial charge in [0.15, 0.2) is 11.5 Å². The SMILES string of the molecule is CCCOc1ccc(/C(O)=C2\C(=O)C(=O)N(Cc3ccccc3)C2c2ccc(OC)c(OC)c2)cc1. The second-order valence-electron chi connectivity index (χ2n) is 8.40. The number of hydrogen-bond acceptors (Lipinski definition) is 6. The Morgan fingerprint density at radius 2 is 1.61 bits per heavy atom. The Hall–Kier alpha value is -4.26. The van der Waals surface area contributed by atoms with E-state index in [4.69, 9.17) is 14.2 Å². The van der Waals surface area contributed by atoms with E-state index < -0.39 is 17.7 Å². The Balaban J connectivity index is 1.82. The van der Waals surface area contributed by atoms with Gasteiger partial charge in [0.05, 0.1) is 32.4 Å². The van der Waals surface area contributed by atoms with Crippen LogP contribution in [0, 0.1) is 0 Å². The van der Waals surface area contributed by atoms with Gasteiger partial charge in [-0.3, -0.25) is 9.59 Å². The second-order valence-corrected chi connectivity index (χ2v) is 8.40. The zero-order valence-electron chi connectivity index (χ0n) is 20.6. The quantitative estimate of drug-likeness (QED) is 0.256. The maximum absolute atomic E-state index is 13.3. The summed E-state index contributed by atoms with van der Waals surface area (Å²) in [5.41, 5.74) is 1.92. The molecular weight excluding hydrogens is 458 g/mol. The van der Waals surface area contributed by atoms with Gasteiger partial charge in [-0.25, -0.2) is 0 Å². The van der Waals surface area contributed by atoms with Gasteiger partial charge in [-0.15, -0.1) is 0 Å². The van der Waals surface area contributed by atoms with Crippen LogP contribution in [0.25, 0.3) is 5.76 Å². The monoisotopic (exact) mass is 487 g/mol. The molecule has 1 fully saturated rings. The van der Waals surface area contributed by atoms with Crippen LogP contribution in [0.1, 0.15) is 36.1 Å². The van der Waals surface area contributed by atoms with Crippen molar-refractivity contribution in [2.24, 2.45) is 0 Å². The van der Waals surface area contributed by atoms with Crippen molar-refractivity contribution in [3.8, 4) is 17.2 Å². The summed E-state index contributed by atoms with van der Waals surface area (Å²) in [7, 11) is 3.05. The van der Waals surface area contributed by atoms with Gasteiger partial charge < -0.3 is 24.2 Å². The number of likely N-dealkylation sites (tertiary alicyclic amines) is 1. The number of carbonyl (C=O) groups is 2. The van der Waals surface area contributed by atoms with Crippen molar-refractivity contribution in [3.63, 3.8) is 0 Å². The van der Waals surface area contributed by atoms with Crippen LogP contribution >= 0.6 is 0 Å². The number of ketones is 1. The minimum atomic E-state index is -0.818. The molecule has 1 aliphatic heterocycles. The fraction of sp³-hybridized carbons (Fsp3) is 0.241. The average Bonchev–Trinajstić information content (AvgIpc) is 3.16. The summed E-state index contributed by atoms with van der Waals surface area (Å²) in [6.07, 6.45) is 0.873. The molecule has 36 heavy (non-hydrogen) atoms. The molecule has 3 aromatic rings. The fourth-order valence-corrected chi connectivity index (χ4v) is 4.28. The number of benzene rings is 3. The number of nitrogens with zero attached hydrogens (tertiary/aromatic N) is 1. The first-order chi connectivity index (χ1) is 17.5. The van der Waals surface area contributed by atoms with E-state index in [1.165, 1.54) is 19.1 Å². The van der Waals surface area contributed by atoms with Crippen LogP contribution in [-0.2, 0) is 16.1 Å². The van der Waals surface area contributed by atoms with E-state index in [2.05, 4.69) is 0 Å². The highest BCUT2D eigenvalue weighted by Gasteiger charge is 2.46. The lowest BCUT2D eigenvalue weighted by Crippen LogP contribution is -2.29. The third kappa shape index (κ3) is 4.91. The van der Waals surface area contributed by atoms with Gasteiger partial charge in [0.25, 0.3) is 11.7 Å². The molecule has 4 rings (SSSR count). The molecule has 0 aromatic heterocycles. The normalized spacial score (nSPS) is 16.8. The predicted octanol–water partition coefficient (Wildman–Crippen LogP) is 5.11. The van der Waals surface area contributed by atoms with E-state index in [0.29, 0.717) is 35.0 Å². The summed E-state index contributed by atoms with van der Waals surface area (Å²) in [4.78, 5) is 28.0. The summed E-state index contributed by atoms with van der Waals surface area (Å²) in [6.45, 7) is 2.79. The molecule has 0 aliphatic carbocycles. The molecule has 1 N–H and O–H groups in total. The van der Waals surface area contributed by atoms with Crippen molar-refractivity contribution in [1.82, 2.24) is 4.90 Å². The van der Waals surface area contributed by atoms with Gasteiger partial charge in [-0.1, -0.05) is 43.3 Å². The van der Waals surface area contributed by atoms with Gasteiger partial charge in [-0.05, 0) is 53.9 Å².